The predicted octanol–water partition coefficient (Wildman–Crippen LogP) is 11.1. The zero-order valence-corrected chi connectivity index (χ0v) is 23.9. The molecule has 0 fully saturated rings. The maximum Gasteiger partial charge on any atom is 0.385 e. The van der Waals surface area contributed by atoms with Crippen LogP contribution in [0.2, 0.25) is 0 Å². The Bertz CT molecular complexity index is 945. The van der Waals surface area contributed by atoms with Crippen LogP contribution in [-0.4, -0.2) is 60.5 Å². The third-order valence-electron chi connectivity index (χ3n) is 6.48. The van der Waals surface area contributed by atoms with Gasteiger partial charge in [-0.15, -0.1) is 0 Å². The van der Waals surface area contributed by atoms with Gasteiger partial charge in [-0.1, -0.05) is 63.3 Å². The summed E-state index contributed by atoms with van der Waals surface area (Å²) in [5, 5.41) is 0. The van der Waals surface area contributed by atoms with Gasteiger partial charge < -0.3 is 4.74 Å². The highest BCUT2D eigenvalue weighted by molar-refractivity contribution is 5.69. The maximum absolute atomic E-state index is 13.8. The summed E-state index contributed by atoms with van der Waals surface area (Å²) < 4.78 is 217. The summed E-state index contributed by atoms with van der Waals surface area (Å²) in [6, 6.07) is 0. The SMILES string of the molecule is CCCCC/C=C\C/C=C\CCCCCCCC(=O)OCC(F)(F)C(F)(F)C(F)(F)C(F)(F)C(F)(F)C(F)(F)C(F)(F)C(F)F. The molecule has 0 bridgehead atoms. The average molecular weight is 695 g/mol. The van der Waals surface area contributed by atoms with Crippen LogP contribution in [0.3, 0.4) is 0 Å². The van der Waals surface area contributed by atoms with Crippen LogP contribution in [0.15, 0.2) is 24.3 Å². The molecule has 0 aliphatic rings. The van der Waals surface area contributed by atoms with Crippen LogP contribution in [-0.2, 0) is 9.53 Å². The van der Waals surface area contributed by atoms with Crippen LogP contribution in [0.4, 0.5) is 70.2 Å². The Morgan fingerprint density at radius 2 is 1.00 bits per heavy atom. The molecule has 0 unspecified atom stereocenters. The van der Waals surface area contributed by atoms with E-state index in [9.17, 15) is 75.0 Å². The molecule has 0 saturated carbocycles. The summed E-state index contributed by atoms with van der Waals surface area (Å²) in [5.41, 5.74) is 0. The number of halogens is 16. The standard InChI is InChI=1S/C27H34F16O2/c1-2-3-4-5-6-7-8-9-10-11-12-13-14-15-16-17-19(44)45-18-21(30,31)23(34,35)25(38,39)27(42,43)26(40,41)24(36,37)22(32,33)20(28)29/h6-7,9-10,20H,2-5,8,11-18H2,1H3/b7-6-,10-9-. The van der Waals surface area contributed by atoms with Crippen molar-refractivity contribution < 1.29 is 79.8 Å². The maximum atomic E-state index is 13.8. The quantitative estimate of drug-likeness (QED) is 0.0461. The highest BCUT2D eigenvalue weighted by atomic mass is 19.4. The largest absolute Gasteiger partial charge is 0.459 e. The van der Waals surface area contributed by atoms with E-state index in [4.69, 9.17) is 0 Å². The van der Waals surface area contributed by atoms with Crippen LogP contribution < -0.4 is 0 Å². The number of hydrogen-bond acceptors (Lipinski definition) is 2. The first-order valence-electron chi connectivity index (χ1n) is 13.8. The predicted molar refractivity (Wildman–Crippen MR) is 131 cm³/mol. The first-order chi connectivity index (χ1) is 20.4. The topological polar surface area (TPSA) is 26.3 Å². The van der Waals surface area contributed by atoms with E-state index in [1.807, 2.05) is 18.2 Å². The minimum atomic E-state index is -8.47. The molecule has 18 heteroatoms. The molecule has 0 spiro atoms. The monoisotopic (exact) mass is 694 g/mol. The Labute approximate surface area is 249 Å². The van der Waals surface area contributed by atoms with Crippen LogP contribution in [0, 0.1) is 0 Å². The number of allylic oxidation sites excluding steroid dienone is 4. The van der Waals surface area contributed by atoms with Crippen LogP contribution in [0.1, 0.15) is 84.0 Å². The lowest BCUT2D eigenvalue weighted by Crippen LogP contribution is -2.74. The second-order valence-electron chi connectivity index (χ2n) is 10.1. The van der Waals surface area contributed by atoms with Crippen molar-refractivity contribution in [3.63, 3.8) is 0 Å². The van der Waals surface area contributed by atoms with E-state index in [2.05, 4.69) is 17.7 Å². The zero-order valence-electron chi connectivity index (χ0n) is 23.9. The van der Waals surface area contributed by atoms with Gasteiger partial charge in [0, 0.05) is 6.42 Å². The Morgan fingerprint density at radius 1 is 0.578 bits per heavy atom. The molecule has 0 aromatic rings. The first kappa shape index (κ1) is 42.8. The van der Waals surface area contributed by atoms with E-state index in [0.717, 1.165) is 44.9 Å². The molecule has 0 aliphatic heterocycles. The van der Waals surface area contributed by atoms with Crippen molar-refractivity contribution in [2.75, 3.05) is 6.61 Å². The molecule has 0 atom stereocenters. The molecule has 0 amide bonds. The van der Waals surface area contributed by atoms with Crippen molar-refractivity contribution in [1.29, 1.82) is 0 Å². The third kappa shape index (κ3) is 10.2. The van der Waals surface area contributed by atoms with Crippen molar-refractivity contribution in [1.82, 2.24) is 0 Å². The molecule has 0 rings (SSSR count). The number of hydrogen-bond donors (Lipinski definition) is 0. The fraction of sp³-hybridized carbons (Fsp3) is 0.815. The molecule has 0 aliphatic carbocycles. The van der Waals surface area contributed by atoms with Gasteiger partial charge in [0.25, 0.3) is 0 Å². The molecule has 0 heterocycles. The smallest absolute Gasteiger partial charge is 0.385 e. The van der Waals surface area contributed by atoms with E-state index in [1.165, 1.54) is 0 Å². The molecule has 0 aromatic heterocycles. The lowest BCUT2D eigenvalue weighted by molar-refractivity contribution is -0.447. The van der Waals surface area contributed by atoms with Gasteiger partial charge in [0.05, 0.1) is 0 Å². The first-order valence-corrected chi connectivity index (χ1v) is 13.8. The number of carbonyl (C=O) groups is 1. The van der Waals surface area contributed by atoms with Gasteiger partial charge in [-0.2, -0.15) is 61.5 Å². The van der Waals surface area contributed by atoms with Crippen molar-refractivity contribution in [3.8, 4) is 0 Å². The molecule has 0 radical (unpaired) electrons. The van der Waals surface area contributed by atoms with Gasteiger partial charge in [0.2, 0.25) is 0 Å². The van der Waals surface area contributed by atoms with Gasteiger partial charge in [-0.05, 0) is 38.5 Å². The highest BCUT2D eigenvalue weighted by Gasteiger charge is 2.93. The second kappa shape index (κ2) is 17.1. The number of esters is 1. The van der Waals surface area contributed by atoms with E-state index < -0.39 is 66.9 Å². The molecular formula is C27H34F16O2. The molecular weight excluding hydrogens is 660 g/mol. The Morgan fingerprint density at radius 3 is 1.49 bits per heavy atom. The van der Waals surface area contributed by atoms with Gasteiger partial charge in [0.15, 0.2) is 6.61 Å². The lowest BCUT2D eigenvalue weighted by atomic mass is 9.89. The fourth-order valence-electron chi connectivity index (χ4n) is 3.58. The van der Waals surface area contributed by atoms with Crippen molar-refractivity contribution in [2.24, 2.45) is 0 Å². The van der Waals surface area contributed by atoms with Gasteiger partial charge in [0.1, 0.15) is 0 Å². The van der Waals surface area contributed by atoms with Crippen molar-refractivity contribution in [2.45, 2.75) is 132 Å². The fourth-order valence-corrected chi connectivity index (χ4v) is 3.58. The van der Waals surface area contributed by atoms with Crippen molar-refractivity contribution >= 4 is 5.97 Å². The van der Waals surface area contributed by atoms with Crippen molar-refractivity contribution in [3.05, 3.63) is 24.3 Å². The number of carbonyl (C=O) groups excluding carboxylic acids is 1. The third-order valence-corrected chi connectivity index (χ3v) is 6.48. The summed E-state index contributed by atoms with van der Waals surface area (Å²) in [6.45, 7) is -1.04. The van der Waals surface area contributed by atoms with E-state index in [0.29, 0.717) is 12.8 Å². The average Bonchev–Trinajstić information content (AvgIpc) is 2.93. The van der Waals surface area contributed by atoms with Gasteiger partial charge in [-0.3, -0.25) is 4.79 Å². The van der Waals surface area contributed by atoms with E-state index >= 15 is 0 Å². The zero-order chi connectivity index (χ0) is 35.4. The van der Waals surface area contributed by atoms with E-state index in [-0.39, 0.29) is 12.8 Å². The molecule has 266 valence electrons. The lowest BCUT2D eigenvalue weighted by Gasteiger charge is -2.42. The summed E-state index contributed by atoms with van der Waals surface area (Å²) in [5.74, 6) is -57.0. The highest BCUT2D eigenvalue weighted by Crippen LogP contribution is 2.62. The Kier molecular flexibility index (Phi) is 16.3. The number of ether oxygens (including phenoxy) is 1. The minimum Gasteiger partial charge on any atom is -0.459 e. The number of alkyl halides is 16. The summed E-state index contributed by atoms with van der Waals surface area (Å²) in [6.07, 6.45) is 9.40. The van der Waals surface area contributed by atoms with Crippen LogP contribution >= 0.6 is 0 Å². The molecule has 0 aromatic carbocycles. The molecule has 0 saturated heterocycles. The molecule has 2 nitrogen and oxygen atoms in total. The Hall–Kier alpha value is -2.17. The van der Waals surface area contributed by atoms with Crippen LogP contribution in [0.5, 0.6) is 0 Å². The summed E-state index contributed by atoms with van der Waals surface area (Å²) in [4.78, 5) is 11.5. The minimum absolute atomic E-state index is 0.0899. The summed E-state index contributed by atoms with van der Waals surface area (Å²) in [7, 11) is 0. The molecule has 45 heavy (non-hydrogen) atoms. The van der Waals surface area contributed by atoms with Gasteiger partial charge >= 0.3 is 53.9 Å². The second-order valence-corrected chi connectivity index (χ2v) is 10.1. The normalized spacial score (nSPS) is 14.7. The van der Waals surface area contributed by atoms with E-state index in [1.54, 1.807) is 0 Å². The number of rotatable bonds is 23. The van der Waals surface area contributed by atoms with Crippen LogP contribution in [0.25, 0.3) is 0 Å². The Balaban J connectivity index is 4.94. The van der Waals surface area contributed by atoms with Gasteiger partial charge in [-0.25, -0.2) is 8.78 Å². The number of unbranched alkanes of at least 4 members (excludes halogenated alkanes) is 8. The summed E-state index contributed by atoms with van der Waals surface area (Å²) >= 11 is 0. The molecule has 0 N–H and O–H groups in total.